The molecule has 64 valence electrons. The summed E-state index contributed by atoms with van der Waals surface area (Å²) in [6.45, 7) is 0. The Balaban J connectivity index is -0.0000000675. The fraction of sp³-hybridized carbons (Fsp3) is 0. The predicted octanol–water partition coefficient (Wildman–Crippen LogP) is -2.10. The molecule has 11 heteroatoms. The molecule has 0 spiro atoms. The Bertz CT molecular complexity index is 164. The van der Waals surface area contributed by atoms with Crippen LogP contribution in [0.5, 0.6) is 0 Å². The maximum absolute atomic E-state index is 9.86. The first kappa shape index (κ1) is 29.3. The maximum atomic E-state index is 9.86. The molecule has 0 unspecified atom stereocenters. The Hall–Kier alpha value is 0.600. The van der Waals surface area contributed by atoms with Crippen LogP contribution in [0.4, 0.5) is 14.4 Å². The number of carbonyl (C=O) groups excluding carboxylic acids is 1. The number of hydrogen-bond acceptors (Lipinski definition) is 5. The second-order valence-electron chi connectivity index (χ2n) is 0.986. The average Bonchev–Trinajstić information content (AvgIpc) is 1.58. The summed E-state index contributed by atoms with van der Waals surface area (Å²) < 4.78 is 6.47. The van der Waals surface area contributed by atoms with E-state index in [1.54, 1.807) is 0 Å². The fourth-order valence-corrected chi connectivity index (χ4v) is 0.163. The summed E-state index contributed by atoms with van der Waals surface area (Å²) in [6, 6.07) is 0. The summed E-state index contributed by atoms with van der Waals surface area (Å²) in [5, 5.41) is 15.4. The number of hydrogen-bond donors (Lipinski definition) is 2. The molecule has 0 aliphatic heterocycles. The van der Waals surface area contributed by atoms with E-state index >= 15 is 0 Å². The Morgan fingerprint density at radius 1 is 0.714 bits per heavy atom. The van der Waals surface area contributed by atoms with Gasteiger partial charge in [-0.05, 0) is 0 Å². The number of ether oxygens (including phenoxy) is 2. The van der Waals surface area contributed by atoms with E-state index in [0.29, 0.717) is 0 Å². The molecule has 0 rings (SSSR count). The van der Waals surface area contributed by atoms with Crippen molar-refractivity contribution in [2.45, 2.75) is 0 Å². The van der Waals surface area contributed by atoms with Gasteiger partial charge in [0, 0.05) is 0 Å². The van der Waals surface area contributed by atoms with Crippen LogP contribution in [0.2, 0.25) is 0 Å². The standard InChI is InChI=1S/C3H2O7.4Li.4H/c4-1(5)9-3(8)10-2(6)7;;;;;;;;/h(H,4,5)(H,6,7);;;;;;;;. The zero-order valence-electron chi connectivity index (χ0n) is 4.44. The van der Waals surface area contributed by atoms with E-state index < -0.39 is 18.5 Å². The molecule has 0 aliphatic carbocycles. The van der Waals surface area contributed by atoms with E-state index in [1.807, 2.05) is 0 Å². The van der Waals surface area contributed by atoms with Gasteiger partial charge in [0.2, 0.25) is 0 Å². The van der Waals surface area contributed by atoms with Crippen molar-refractivity contribution < 1.29 is 34.1 Å². The zero-order chi connectivity index (χ0) is 8.15. The molecule has 7 nitrogen and oxygen atoms in total. The van der Waals surface area contributed by atoms with Crippen LogP contribution in [0.3, 0.4) is 0 Å². The number of carbonyl (C=O) groups is 3. The molecule has 0 fully saturated rings. The first-order chi connectivity index (χ1) is 4.52. The summed E-state index contributed by atoms with van der Waals surface area (Å²) in [6.07, 6.45) is -5.64. The average molecular weight is 182 g/mol. The number of carboxylic acid groups (broad SMARTS) is 2. The van der Waals surface area contributed by atoms with Crippen molar-refractivity contribution in [2.75, 3.05) is 0 Å². The predicted molar refractivity (Wildman–Crippen MR) is 52.2 cm³/mol. The van der Waals surface area contributed by atoms with E-state index in [0.717, 1.165) is 0 Å². The Morgan fingerprint density at radius 3 is 1.07 bits per heavy atom. The van der Waals surface area contributed by atoms with Crippen molar-refractivity contribution in [3.8, 4) is 0 Å². The molecule has 0 radical (unpaired) electrons. The van der Waals surface area contributed by atoms with E-state index in [4.69, 9.17) is 10.2 Å². The van der Waals surface area contributed by atoms with Gasteiger partial charge in [0.1, 0.15) is 0 Å². The van der Waals surface area contributed by atoms with Gasteiger partial charge in [-0.3, -0.25) is 0 Å². The quantitative estimate of drug-likeness (QED) is 0.250. The molecule has 0 aliphatic rings. The molecule has 2 N–H and O–H groups in total. The fourth-order valence-electron chi connectivity index (χ4n) is 0.163. The van der Waals surface area contributed by atoms with Crippen LogP contribution in [0.15, 0.2) is 0 Å². The van der Waals surface area contributed by atoms with Gasteiger partial charge in [0.25, 0.3) is 0 Å². The third kappa shape index (κ3) is 22.9. The van der Waals surface area contributed by atoms with Gasteiger partial charge in [0.05, 0.1) is 0 Å². The molecule has 0 aromatic heterocycles. The van der Waals surface area contributed by atoms with Gasteiger partial charge in [-0.15, -0.1) is 0 Å². The van der Waals surface area contributed by atoms with Crippen molar-refractivity contribution >= 4 is 93.9 Å². The summed E-state index contributed by atoms with van der Waals surface area (Å²) in [7, 11) is 0. The minimum absolute atomic E-state index is 0. The molecule has 0 atom stereocenters. The normalized spacial score (nSPS) is 5.71. The first-order valence-corrected chi connectivity index (χ1v) is 1.88. The molecule has 0 amide bonds. The summed E-state index contributed by atoms with van der Waals surface area (Å²) in [4.78, 5) is 28.8. The molecule has 0 aromatic rings. The van der Waals surface area contributed by atoms with Crippen LogP contribution < -0.4 is 0 Å². The third-order valence-corrected chi connectivity index (χ3v) is 0.341. The first-order valence-electron chi connectivity index (χ1n) is 1.88. The summed E-state index contributed by atoms with van der Waals surface area (Å²) in [5.41, 5.74) is 0. The van der Waals surface area contributed by atoms with Crippen LogP contribution in [0, 0.1) is 0 Å². The minimum atomic E-state index is -1.92. The van der Waals surface area contributed by atoms with Gasteiger partial charge in [-0.2, -0.15) is 0 Å². The molecule has 0 heterocycles. The van der Waals surface area contributed by atoms with Gasteiger partial charge in [0.15, 0.2) is 0 Å². The van der Waals surface area contributed by atoms with Gasteiger partial charge in [-0.1, -0.05) is 0 Å². The third-order valence-electron chi connectivity index (χ3n) is 0.341. The Labute approximate surface area is 127 Å². The molecule has 0 bridgehead atoms. The SMILES string of the molecule is O=C(O)OC(=O)OC(=O)O.[LiH].[LiH].[LiH].[LiH]. The van der Waals surface area contributed by atoms with E-state index in [2.05, 4.69) is 9.47 Å². The molecule has 14 heavy (non-hydrogen) atoms. The van der Waals surface area contributed by atoms with Gasteiger partial charge >= 0.3 is 93.9 Å². The van der Waals surface area contributed by atoms with E-state index in [-0.39, 0.29) is 75.4 Å². The molecular formula is C3H6Li4O7. The molecular weight excluding hydrogens is 176 g/mol. The van der Waals surface area contributed by atoms with Crippen LogP contribution >= 0.6 is 0 Å². The van der Waals surface area contributed by atoms with Crippen molar-refractivity contribution in [3.05, 3.63) is 0 Å². The molecule has 0 saturated carbocycles. The van der Waals surface area contributed by atoms with Gasteiger partial charge < -0.3 is 19.7 Å². The van der Waals surface area contributed by atoms with Gasteiger partial charge in [-0.25, -0.2) is 14.4 Å². The monoisotopic (exact) mass is 182 g/mol. The molecule has 0 saturated heterocycles. The van der Waals surface area contributed by atoms with Crippen molar-refractivity contribution in [3.63, 3.8) is 0 Å². The van der Waals surface area contributed by atoms with Crippen LogP contribution in [0.1, 0.15) is 0 Å². The molecule has 0 aromatic carbocycles. The van der Waals surface area contributed by atoms with Crippen molar-refractivity contribution in [1.29, 1.82) is 0 Å². The Morgan fingerprint density at radius 2 is 0.929 bits per heavy atom. The van der Waals surface area contributed by atoms with Crippen LogP contribution in [-0.4, -0.2) is 104 Å². The second kappa shape index (κ2) is 16.0. The van der Waals surface area contributed by atoms with Crippen molar-refractivity contribution in [1.82, 2.24) is 0 Å². The number of rotatable bonds is 0. The summed E-state index contributed by atoms with van der Waals surface area (Å²) >= 11 is 0. The second-order valence-corrected chi connectivity index (χ2v) is 0.986. The zero-order valence-corrected chi connectivity index (χ0v) is 4.44. The topological polar surface area (TPSA) is 110 Å². The van der Waals surface area contributed by atoms with E-state index in [9.17, 15) is 14.4 Å². The van der Waals surface area contributed by atoms with E-state index in [1.165, 1.54) is 0 Å². The van der Waals surface area contributed by atoms with Crippen LogP contribution in [0.25, 0.3) is 0 Å². The summed E-state index contributed by atoms with van der Waals surface area (Å²) in [5.74, 6) is 0. The van der Waals surface area contributed by atoms with Crippen molar-refractivity contribution in [2.24, 2.45) is 0 Å². The van der Waals surface area contributed by atoms with Crippen LogP contribution in [-0.2, 0) is 9.47 Å². The Kier molecular flexibility index (Phi) is 33.6.